The van der Waals surface area contributed by atoms with Crippen molar-refractivity contribution >= 4 is 11.6 Å². The van der Waals surface area contributed by atoms with Gasteiger partial charge in [-0.15, -0.1) is 0 Å². The molecular formula is C14H19ClN4. The van der Waals surface area contributed by atoms with Crippen LogP contribution in [0.4, 0.5) is 0 Å². The molecule has 1 saturated heterocycles. The number of nitrogens with one attached hydrogen (secondary N) is 2. The monoisotopic (exact) mass is 278 g/mol. The number of aryl methyl sites for hydroxylation is 1. The molecule has 0 bridgehead atoms. The minimum absolute atomic E-state index is 0.565. The maximum atomic E-state index is 6.05. The van der Waals surface area contributed by atoms with Gasteiger partial charge in [-0.1, -0.05) is 11.6 Å². The Morgan fingerprint density at radius 1 is 1.37 bits per heavy atom. The zero-order chi connectivity index (χ0) is 13.1. The van der Waals surface area contributed by atoms with Crippen LogP contribution in [0.3, 0.4) is 0 Å². The van der Waals surface area contributed by atoms with E-state index in [0.717, 1.165) is 37.1 Å². The molecule has 0 radical (unpaired) electrons. The fourth-order valence-electron chi connectivity index (χ4n) is 2.73. The van der Waals surface area contributed by atoms with Crippen LogP contribution in [0.2, 0.25) is 5.15 Å². The van der Waals surface area contributed by atoms with E-state index in [9.17, 15) is 0 Å². The number of hydrogen-bond donors (Lipinski definition) is 2. The first-order valence-electron chi connectivity index (χ1n) is 6.90. The van der Waals surface area contributed by atoms with Gasteiger partial charge in [0.05, 0.1) is 5.69 Å². The molecule has 0 spiro atoms. The van der Waals surface area contributed by atoms with Gasteiger partial charge in [-0.25, -0.2) is 4.98 Å². The first kappa shape index (κ1) is 12.8. The Kier molecular flexibility index (Phi) is 3.89. The number of piperidine rings is 1. The van der Waals surface area contributed by atoms with E-state index in [1.165, 1.54) is 19.3 Å². The molecule has 2 N–H and O–H groups in total. The molecule has 2 aromatic heterocycles. The van der Waals surface area contributed by atoms with Gasteiger partial charge < -0.3 is 14.9 Å². The highest BCUT2D eigenvalue weighted by Gasteiger charge is 2.15. The number of halogens is 1. The largest absolute Gasteiger partial charge is 0.359 e. The summed E-state index contributed by atoms with van der Waals surface area (Å²) in [6.07, 6.45) is 7.59. The molecule has 0 atom stereocenters. The topological polar surface area (TPSA) is 45.6 Å². The van der Waals surface area contributed by atoms with Gasteiger partial charge in [0.25, 0.3) is 0 Å². The molecule has 0 unspecified atom stereocenters. The van der Waals surface area contributed by atoms with Crippen molar-refractivity contribution in [1.29, 1.82) is 0 Å². The molecule has 0 saturated carbocycles. The molecule has 3 rings (SSSR count). The summed E-state index contributed by atoms with van der Waals surface area (Å²) < 4.78 is 2.16. The molecule has 0 aliphatic carbocycles. The minimum Gasteiger partial charge on any atom is -0.359 e. The quantitative estimate of drug-likeness (QED) is 0.903. The molecule has 19 heavy (non-hydrogen) atoms. The third-order valence-corrected chi connectivity index (χ3v) is 4.01. The van der Waals surface area contributed by atoms with E-state index >= 15 is 0 Å². The average Bonchev–Trinajstić information content (AvgIpc) is 3.06. The van der Waals surface area contributed by atoms with Gasteiger partial charge in [-0.05, 0) is 50.4 Å². The first-order chi connectivity index (χ1) is 9.33. The summed E-state index contributed by atoms with van der Waals surface area (Å²) in [7, 11) is 0. The van der Waals surface area contributed by atoms with Crippen molar-refractivity contribution in [1.82, 2.24) is 19.9 Å². The zero-order valence-corrected chi connectivity index (χ0v) is 11.7. The lowest BCUT2D eigenvalue weighted by molar-refractivity contribution is 0.338. The van der Waals surface area contributed by atoms with Crippen LogP contribution < -0.4 is 5.32 Å². The number of aromatic amines is 1. The number of aromatic nitrogens is 3. The maximum absolute atomic E-state index is 6.05. The highest BCUT2D eigenvalue weighted by Crippen LogP contribution is 2.22. The number of rotatable bonds is 4. The van der Waals surface area contributed by atoms with E-state index in [0.29, 0.717) is 5.15 Å². The molecule has 1 aliphatic heterocycles. The smallest absolute Gasteiger partial charge is 0.158 e. The van der Waals surface area contributed by atoms with Crippen molar-refractivity contribution in [2.45, 2.75) is 25.8 Å². The fraction of sp³-hybridized carbons (Fsp3) is 0.500. The third-order valence-electron chi connectivity index (χ3n) is 3.82. The van der Waals surface area contributed by atoms with E-state index in [1.54, 1.807) is 0 Å². The van der Waals surface area contributed by atoms with E-state index in [2.05, 4.69) is 19.9 Å². The molecule has 102 valence electrons. The summed E-state index contributed by atoms with van der Waals surface area (Å²) in [5.41, 5.74) is 1.03. The third kappa shape index (κ3) is 3.01. The van der Waals surface area contributed by atoms with Gasteiger partial charge in [-0.3, -0.25) is 0 Å². The molecule has 3 heterocycles. The van der Waals surface area contributed by atoms with Crippen molar-refractivity contribution in [2.24, 2.45) is 5.92 Å². The molecule has 0 amide bonds. The first-order valence-corrected chi connectivity index (χ1v) is 7.28. The Hall–Kier alpha value is -1.26. The second-order valence-corrected chi connectivity index (χ2v) is 5.53. The summed E-state index contributed by atoms with van der Waals surface area (Å²) in [6.45, 7) is 3.29. The average molecular weight is 279 g/mol. The van der Waals surface area contributed by atoms with Crippen LogP contribution in [-0.4, -0.2) is 27.6 Å². The summed E-state index contributed by atoms with van der Waals surface area (Å²) in [5.74, 6) is 1.75. The lowest BCUT2D eigenvalue weighted by Crippen LogP contribution is -2.28. The summed E-state index contributed by atoms with van der Waals surface area (Å²) in [5, 5.41) is 3.97. The van der Waals surface area contributed by atoms with Crippen LogP contribution in [-0.2, 0) is 6.54 Å². The minimum atomic E-state index is 0.565. The molecule has 1 fully saturated rings. The molecule has 1 aliphatic rings. The molecular weight excluding hydrogens is 260 g/mol. The SMILES string of the molecule is Clc1cn(CCC2CCNCC2)c(-c2ccc[nH]2)n1. The van der Waals surface area contributed by atoms with Crippen LogP contribution >= 0.6 is 11.6 Å². The van der Waals surface area contributed by atoms with Crippen LogP contribution in [0.1, 0.15) is 19.3 Å². The van der Waals surface area contributed by atoms with Crippen molar-refractivity contribution < 1.29 is 0 Å². The second-order valence-electron chi connectivity index (χ2n) is 5.15. The zero-order valence-electron chi connectivity index (χ0n) is 10.9. The van der Waals surface area contributed by atoms with Crippen LogP contribution in [0, 0.1) is 5.92 Å². The van der Waals surface area contributed by atoms with Crippen molar-refractivity contribution in [3.63, 3.8) is 0 Å². The van der Waals surface area contributed by atoms with Crippen molar-refractivity contribution in [3.8, 4) is 11.5 Å². The Labute approximate surface area is 118 Å². The van der Waals surface area contributed by atoms with E-state index in [1.807, 2.05) is 24.5 Å². The van der Waals surface area contributed by atoms with Crippen molar-refractivity contribution in [2.75, 3.05) is 13.1 Å². The van der Waals surface area contributed by atoms with Crippen molar-refractivity contribution in [3.05, 3.63) is 29.7 Å². The summed E-state index contributed by atoms with van der Waals surface area (Å²) in [6, 6.07) is 4.01. The van der Waals surface area contributed by atoms with Gasteiger partial charge >= 0.3 is 0 Å². The normalized spacial score (nSPS) is 16.9. The molecule has 5 heteroatoms. The predicted molar refractivity (Wildman–Crippen MR) is 77.2 cm³/mol. The fourth-order valence-corrected chi connectivity index (χ4v) is 2.93. The number of nitrogens with zero attached hydrogens (tertiary/aromatic N) is 2. The van der Waals surface area contributed by atoms with E-state index in [-0.39, 0.29) is 0 Å². The standard InChI is InChI=1S/C14H19ClN4/c15-13-10-19(9-5-11-3-7-16-8-4-11)14(18-13)12-2-1-6-17-12/h1-2,6,10-11,16-17H,3-5,7-9H2. The number of imidazole rings is 1. The lowest BCUT2D eigenvalue weighted by Gasteiger charge is -2.22. The molecule has 0 aromatic carbocycles. The Bertz CT molecular complexity index is 512. The van der Waals surface area contributed by atoms with Gasteiger partial charge in [0.1, 0.15) is 5.15 Å². The predicted octanol–water partition coefficient (Wildman–Crippen LogP) is 2.92. The van der Waals surface area contributed by atoms with Crippen LogP contribution in [0.5, 0.6) is 0 Å². The van der Waals surface area contributed by atoms with Crippen LogP contribution in [0.25, 0.3) is 11.5 Å². The Morgan fingerprint density at radius 2 is 2.21 bits per heavy atom. The van der Waals surface area contributed by atoms with Gasteiger partial charge in [-0.2, -0.15) is 0 Å². The lowest BCUT2D eigenvalue weighted by atomic mass is 9.95. The van der Waals surface area contributed by atoms with E-state index < -0.39 is 0 Å². The number of H-pyrrole nitrogens is 1. The maximum Gasteiger partial charge on any atom is 0.158 e. The summed E-state index contributed by atoms with van der Waals surface area (Å²) >= 11 is 6.05. The Balaban J connectivity index is 1.70. The van der Waals surface area contributed by atoms with Crippen LogP contribution in [0.15, 0.2) is 24.5 Å². The highest BCUT2D eigenvalue weighted by molar-refractivity contribution is 6.29. The van der Waals surface area contributed by atoms with Gasteiger partial charge in [0.2, 0.25) is 0 Å². The highest BCUT2D eigenvalue weighted by atomic mass is 35.5. The second kappa shape index (κ2) is 5.80. The van der Waals surface area contributed by atoms with Gasteiger partial charge in [0.15, 0.2) is 5.82 Å². The molecule has 4 nitrogen and oxygen atoms in total. The molecule has 2 aromatic rings. The van der Waals surface area contributed by atoms with E-state index in [4.69, 9.17) is 11.6 Å². The number of hydrogen-bond acceptors (Lipinski definition) is 2. The van der Waals surface area contributed by atoms with Gasteiger partial charge in [0, 0.05) is 18.9 Å². The Morgan fingerprint density at radius 3 is 2.95 bits per heavy atom. The summed E-state index contributed by atoms with van der Waals surface area (Å²) in [4.78, 5) is 7.59.